The Balaban J connectivity index is 1.89. The Hall–Kier alpha value is -4.26. The molecule has 0 spiro atoms. The van der Waals surface area contributed by atoms with Gasteiger partial charge in [0.25, 0.3) is 11.8 Å². The monoisotopic (exact) mass is 629 g/mol. The number of aliphatic hydroxyl groups is 1. The summed E-state index contributed by atoms with van der Waals surface area (Å²) < 4.78 is 5.39. The van der Waals surface area contributed by atoms with E-state index in [0.717, 1.165) is 4.90 Å². The predicted molar refractivity (Wildman–Crippen MR) is 167 cm³/mol. The highest BCUT2D eigenvalue weighted by Gasteiger charge is 2.27. The van der Waals surface area contributed by atoms with Crippen LogP contribution in [0.5, 0.6) is 0 Å². The second-order valence-electron chi connectivity index (χ2n) is 12.5. The van der Waals surface area contributed by atoms with Gasteiger partial charge in [0.2, 0.25) is 17.7 Å². The summed E-state index contributed by atoms with van der Waals surface area (Å²) in [5.74, 6) is -2.23. The Morgan fingerprint density at radius 3 is 2.16 bits per heavy atom. The van der Waals surface area contributed by atoms with Gasteiger partial charge >= 0.3 is 6.09 Å². The third kappa shape index (κ3) is 12.0. The van der Waals surface area contributed by atoms with E-state index in [1.54, 1.807) is 59.9 Å². The number of ether oxygens (including phenoxy) is 1. The minimum absolute atomic E-state index is 0.131. The molecule has 0 fully saturated rings. The van der Waals surface area contributed by atoms with Crippen molar-refractivity contribution in [2.45, 2.75) is 98.1 Å². The second kappa shape index (κ2) is 16.7. The number of unbranched alkanes of at least 4 members (excludes halogenated alkanes) is 2. The summed E-state index contributed by atoms with van der Waals surface area (Å²) in [5, 5.41) is 17.9. The number of benzene rings is 1. The molecule has 1 heterocycles. The molecule has 1 aliphatic rings. The minimum Gasteiger partial charge on any atom is -0.444 e. The number of carbonyl (C=O) groups excluding carboxylic acids is 6. The van der Waals surface area contributed by atoms with Crippen molar-refractivity contribution in [2.24, 2.45) is 5.92 Å². The highest BCUT2D eigenvalue weighted by Crippen LogP contribution is 2.20. The van der Waals surface area contributed by atoms with Crippen molar-refractivity contribution in [2.75, 3.05) is 18.9 Å². The van der Waals surface area contributed by atoms with Crippen LogP contribution in [0.25, 0.3) is 0 Å². The second-order valence-corrected chi connectivity index (χ2v) is 12.5. The van der Waals surface area contributed by atoms with E-state index in [-0.39, 0.29) is 43.2 Å². The van der Waals surface area contributed by atoms with Crippen molar-refractivity contribution < 1.29 is 38.6 Å². The lowest BCUT2D eigenvalue weighted by molar-refractivity contribution is -0.137. The first-order chi connectivity index (χ1) is 21.0. The van der Waals surface area contributed by atoms with Gasteiger partial charge in [0.05, 0.1) is 6.61 Å². The fourth-order valence-electron chi connectivity index (χ4n) is 4.45. The molecule has 0 unspecified atom stereocenters. The van der Waals surface area contributed by atoms with Crippen LogP contribution >= 0.6 is 0 Å². The van der Waals surface area contributed by atoms with Gasteiger partial charge in [-0.05, 0) is 69.7 Å². The molecule has 6 amide bonds. The van der Waals surface area contributed by atoms with E-state index in [0.29, 0.717) is 42.6 Å². The predicted octanol–water partition coefficient (Wildman–Crippen LogP) is 2.62. The van der Waals surface area contributed by atoms with Gasteiger partial charge in [-0.3, -0.25) is 28.9 Å². The quantitative estimate of drug-likeness (QED) is 0.169. The third-order valence-corrected chi connectivity index (χ3v) is 6.96. The van der Waals surface area contributed by atoms with Crippen LogP contribution in [0, 0.1) is 5.92 Å². The van der Waals surface area contributed by atoms with Crippen molar-refractivity contribution in [3.05, 3.63) is 41.5 Å². The van der Waals surface area contributed by atoms with Gasteiger partial charge in [0, 0.05) is 44.4 Å². The number of rotatable bonds is 15. The van der Waals surface area contributed by atoms with Crippen LogP contribution in [0.4, 0.5) is 10.5 Å². The number of amides is 6. The number of anilines is 1. The lowest BCUT2D eigenvalue weighted by atomic mass is 10.0. The van der Waals surface area contributed by atoms with Crippen LogP contribution in [0.2, 0.25) is 0 Å². The fourth-order valence-corrected chi connectivity index (χ4v) is 4.45. The fraction of sp³-hybridized carbons (Fsp3) is 0.562. The zero-order valence-electron chi connectivity index (χ0n) is 27.3. The molecule has 45 heavy (non-hydrogen) atoms. The average Bonchev–Trinajstić information content (AvgIpc) is 3.26. The number of nitrogens with one attached hydrogen (secondary N) is 3. The first-order valence-electron chi connectivity index (χ1n) is 15.1. The summed E-state index contributed by atoms with van der Waals surface area (Å²) in [6, 6.07) is 3.10. The molecule has 0 saturated carbocycles. The molecule has 248 valence electrons. The van der Waals surface area contributed by atoms with Crippen molar-refractivity contribution in [3.63, 3.8) is 0 Å². The average molecular weight is 630 g/mol. The minimum atomic E-state index is -0.938. The van der Waals surface area contributed by atoms with E-state index in [1.807, 2.05) is 0 Å². The largest absolute Gasteiger partial charge is 0.444 e. The van der Waals surface area contributed by atoms with E-state index in [2.05, 4.69) is 16.0 Å². The maximum absolute atomic E-state index is 13.0. The van der Waals surface area contributed by atoms with Crippen molar-refractivity contribution in [1.82, 2.24) is 20.4 Å². The molecule has 0 saturated heterocycles. The van der Waals surface area contributed by atoms with E-state index < -0.39 is 35.6 Å². The summed E-state index contributed by atoms with van der Waals surface area (Å²) in [7, 11) is 1.57. The summed E-state index contributed by atoms with van der Waals surface area (Å²) in [6.07, 6.45) is 3.82. The summed E-state index contributed by atoms with van der Waals surface area (Å²) in [4.78, 5) is 76.7. The first-order valence-corrected chi connectivity index (χ1v) is 15.1. The van der Waals surface area contributed by atoms with Gasteiger partial charge in [-0.15, -0.1) is 0 Å². The molecule has 2 rings (SSSR count). The molecule has 1 aliphatic heterocycles. The molecular formula is C32H47N5O8. The number of hydrogen-bond acceptors (Lipinski definition) is 8. The molecule has 0 radical (unpaired) electrons. The van der Waals surface area contributed by atoms with Gasteiger partial charge < -0.3 is 30.7 Å². The molecule has 0 aliphatic carbocycles. The zero-order valence-corrected chi connectivity index (χ0v) is 27.3. The first kappa shape index (κ1) is 36.9. The number of imide groups is 1. The number of aliphatic hydroxyl groups excluding tert-OH is 1. The van der Waals surface area contributed by atoms with Crippen LogP contribution in [0.15, 0.2) is 30.4 Å². The van der Waals surface area contributed by atoms with Crippen LogP contribution in [-0.2, 0) is 41.9 Å². The molecule has 0 aromatic heterocycles. The zero-order chi connectivity index (χ0) is 33.9. The van der Waals surface area contributed by atoms with Crippen molar-refractivity contribution >= 4 is 41.3 Å². The summed E-state index contributed by atoms with van der Waals surface area (Å²) >= 11 is 0. The van der Waals surface area contributed by atoms with Crippen molar-refractivity contribution in [1.29, 1.82) is 0 Å². The van der Waals surface area contributed by atoms with Gasteiger partial charge in [-0.25, -0.2) is 4.79 Å². The van der Waals surface area contributed by atoms with Gasteiger partial charge in [0.1, 0.15) is 17.7 Å². The van der Waals surface area contributed by atoms with E-state index in [9.17, 15) is 33.9 Å². The van der Waals surface area contributed by atoms with Crippen LogP contribution in [0.3, 0.4) is 0 Å². The lowest BCUT2D eigenvalue weighted by Crippen LogP contribution is -2.53. The molecule has 2 atom stereocenters. The Labute approximate surface area is 264 Å². The molecular weight excluding hydrogens is 582 g/mol. The Morgan fingerprint density at radius 1 is 0.933 bits per heavy atom. The molecule has 13 nitrogen and oxygen atoms in total. The normalized spacial score (nSPS) is 14.3. The highest BCUT2D eigenvalue weighted by atomic mass is 16.6. The van der Waals surface area contributed by atoms with Crippen molar-refractivity contribution in [3.8, 4) is 0 Å². The highest BCUT2D eigenvalue weighted by molar-refractivity contribution is 6.12. The SMILES string of the molecule is CC(C)[C@H](NC(=O)CCCCCN1C(=O)C=CC1=O)C(=O)N[C@@H](C)C(=O)Nc1ccc(CO)c(CN(C)C(=O)OC(C)(C)C)c1. The molecule has 13 heteroatoms. The topological polar surface area (TPSA) is 174 Å². The van der Waals surface area contributed by atoms with Gasteiger partial charge in [-0.1, -0.05) is 26.3 Å². The van der Waals surface area contributed by atoms with Gasteiger partial charge in [-0.2, -0.15) is 0 Å². The number of nitrogens with zero attached hydrogens (tertiary/aromatic N) is 2. The molecule has 1 aromatic rings. The van der Waals surface area contributed by atoms with Gasteiger partial charge in [0.15, 0.2) is 0 Å². The van der Waals surface area contributed by atoms with Crippen LogP contribution in [0.1, 0.15) is 78.4 Å². The third-order valence-electron chi connectivity index (χ3n) is 6.96. The molecule has 4 N–H and O–H groups in total. The maximum Gasteiger partial charge on any atom is 0.410 e. The van der Waals surface area contributed by atoms with Crippen LogP contribution < -0.4 is 16.0 Å². The number of carbonyl (C=O) groups is 6. The van der Waals surface area contributed by atoms with E-state index in [4.69, 9.17) is 4.74 Å². The Morgan fingerprint density at radius 2 is 1.58 bits per heavy atom. The summed E-state index contributed by atoms with van der Waals surface area (Å²) in [6.45, 7) is 10.5. The Bertz CT molecular complexity index is 1270. The summed E-state index contributed by atoms with van der Waals surface area (Å²) in [5.41, 5.74) is 0.929. The van der Waals surface area contributed by atoms with E-state index >= 15 is 0 Å². The number of hydrogen-bond donors (Lipinski definition) is 4. The Kier molecular flexibility index (Phi) is 13.7. The van der Waals surface area contributed by atoms with E-state index in [1.165, 1.54) is 24.0 Å². The molecule has 1 aromatic carbocycles. The molecule has 0 bridgehead atoms. The van der Waals surface area contributed by atoms with Crippen LogP contribution in [-0.4, -0.2) is 81.8 Å². The standard InChI is InChI=1S/C32H47N5O8/c1-20(2)28(35-25(39)11-9-8-10-16-37-26(40)14-15-27(37)41)30(43)33-21(3)29(42)34-24-13-12-22(19-38)23(17-24)18-36(7)31(44)45-32(4,5)6/h12-15,17,20-21,28,38H,8-11,16,18-19H2,1-7H3,(H,33,43)(H,34,42)(H,35,39)/t21-,28-/m0/s1. The lowest BCUT2D eigenvalue weighted by Gasteiger charge is -2.25. The maximum atomic E-state index is 13.0. The smallest absolute Gasteiger partial charge is 0.410 e.